The summed E-state index contributed by atoms with van der Waals surface area (Å²) < 4.78 is 0. The van der Waals surface area contributed by atoms with Crippen molar-refractivity contribution in [1.29, 1.82) is 5.26 Å². The number of rotatable bonds is 3. The maximum atomic E-state index is 12.6. The van der Waals surface area contributed by atoms with Crippen LogP contribution in [-0.4, -0.2) is 39.4 Å². The molecule has 1 aliphatic rings. The lowest BCUT2D eigenvalue weighted by molar-refractivity contribution is -0.119. The third-order valence-electron chi connectivity index (χ3n) is 3.64. The number of carbonyl (C=O) groups excluding carboxylic acids is 2. The molecule has 1 saturated heterocycles. The van der Waals surface area contributed by atoms with Crippen LogP contribution in [0.1, 0.15) is 15.9 Å². The first kappa shape index (κ1) is 16.0. The topological polar surface area (TPSA) is 86.1 Å². The van der Waals surface area contributed by atoms with Gasteiger partial charge in [0.15, 0.2) is 0 Å². The molecule has 0 spiro atoms. The number of pyridine rings is 1. The molecule has 0 unspecified atom stereocenters. The molecule has 1 aromatic carbocycles. The first-order chi connectivity index (χ1) is 11.7. The second kappa shape index (κ2) is 7.15. The van der Waals surface area contributed by atoms with E-state index in [2.05, 4.69) is 10.3 Å². The zero-order chi connectivity index (χ0) is 16.9. The highest BCUT2D eigenvalue weighted by Crippen LogP contribution is 2.24. The average molecular weight is 338 g/mol. The Morgan fingerprint density at radius 1 is 1.29 bits per heavy atom. The molecule has 24 heavy (non-hydrogen) atoms. The van der Waals surface area contributed by atoms with Crippen molar-refractivity contribution < 1.29 is 9.59 Å². The van der Waals surface area contributed by atoms with Crippen LogP contribution in [0, 0.1) is 11.3 Å². The van der Waals surface area contributed by atoms with Gasteiger partial charge in [-0.15, -0.1) is 11.8 Å². The number of hydrogen-bond donors (Lipinski definition) is 1. The van der Waals surface area contributed by atoms with Crippen LogP contribution in [0.15, 0.2) is 48.8 Å². The fourth-order valence-corrected chi connectivity index (χ4v) is 3.52. The van der Waals surface area contributed by atoms with Gasteiger partial charge in [-0.05, 0) is 36.4 Å². The summed E-state index contributed by atoms with van der Waals surface area (Å²) in [5.74, 6) is 0.586. The first-order valence-corrected chi connectivity index (χ1v) is 8.44. The van der Waals surface area contributed by atoms with Gasteiger partial charge in [0.05, 0.1) is 23.1 Å². The molecular weight excluding hydrogens is 324 g/mol. The van der Waals surface area contributed by atoms with Crippen molar-refractivity contribution in [1.82, 2.24) is 9.88 Å². The van der Waals surface area contributed by atoms with Gasteiger partial charge in [-0.1, -0.05) is 0 Å². The van der Waals surface area contributed by atoms with Gasteiger partial charge in [-0.25, -0.2) is 0 Å². The van der Waals surface area contributed by atoms with Crippen molar-refractivity contribution in [2.24, 2.45) is 0 Å². The van der Waals surface area contributed by atoms with E-state index in [0.29, 0.717) is 28.4 Å². The van der Waals surface area contributed by atoms with E-state index in [-0.39, 0.29) is 11.8 Å². The molecule has 1 aromatic heterocycles. The van der Waals surface area contributed by atoms with E-state index in [1.54, 1.807) is 47.5 Å². The van der Waals surface area contributed by atoms with Gasteiger partial charge >= 0.3 is 0 Å². The zero-order valence-electron chi connectivity index (χ0n) is 12.7. The second-order valence-electron chi connectivity index (χ2n) is 5.21. The van der Waals surface area contributed by atoms with E-state index in [4.69, 9.17) is 5.26 Å². The normalized spacial score (nSPS) is 16.5. The van der Waals surface area contributed by atoms with Crippen LogP contribution in [-0.2, 0) is 4.79 Å². The number of benzene rings is 1. The van der Waals surface area contributed by atoms with Crippen LogP contribution in [0.4, 0.5) is 5.69 Å². The molecule has 3 rings (SSSR count). The molecule has 0 bridgehead atoms. The summed E-state index contributed by atoms with van der Waals surface area (Å²) in [4.78, 5) is 30.6. The molecule has 2 aromatic rings. The number of nitrogens with zero attached hydrogens (tertiary/aromatic N) is 3. The van der Waals surface area contributed by atoms with Gasteiger partial charge in [0, 0.05) is 23.8 Å². The molecule has 0 radical (unpaired) electrons. The second-order valence-corrected chi connectivity index (χ2v) is 6.21. The van der Waals surface area contributed by atoms with Gasteiger partial charge in [-0.2, -0.15) is 5.26 Å². The van der Waals surface area contributed by atoms with Gasteiger partial charge < -0.3 is 10.2 Å². The maximum Gasteiger partial charge on any atom is 0.256 e. The zero-order valence-corrected chi connectivity index (χ0v) is 13.5. The van der Waals surface area contributed by atoms with Crippen molar-refractivity contribution >= 4 is 29.3 Å². The molecule has 1 N–H and O–H groups in total. The Hall–Kier alpha value is -2.85. The van der Waals surface area contributed by atoms with Crippen LogP contribution in [0.25, 0.3) is 0 Å². The van der Waals surface area contributed by atoms with E-state index >= 15 is 0 Å². The van der Waals surface area contributed by atoms with Gasteiger partial charge in [0.2, 0.25) is 5.91 Å². The van der Waals surface area contributed by atoms with Crippen LogP contribution >= 0.6 is 11.8 Å². The van der Waals surface area contributed by atoms with Crippen molar-refractivity contribution in [3.05, 3.63) is 59.9 Å². The van der Waals surface area contributed by atoms with Gasteiger partial charge in [-0.3, -0.25) is 14.6 Å². The number of anilines is 1. The Morgan fingerprint density at radius 3 is 2.75 bits per heavy atom. The van der Waals surface area contributed by atoms with Gasteiger partial charge in [0.1, 0.15) is 6.04 Å². The van der Waals surface area contributed by atoms with E-state index < -0.39 is 6.04 Å². The van der Waals surface area contributed by atoms with Crippen LogP contribution in [0.2, 0.25) is 0 Å². The lowest BCUT2D eigenvalue weighted by atomic mass is 10.2. The quantitative estimate of drug-likeness (QED) is 0.926. The van der Waals surface area contributed by atoms with Crippen LogP contribution in [0.5, 0.6) is 0 Å². The number of thioether (sulfide) groups is 1. The summed E-state index contributed by atoms with van der Waals surface area (Å²) in [5, 5.41) is 11.6. The van der Waals surface area contributed by atoms with E-state index in [9.17, 15) is 9.59 Å². The largest absolute Gasteiger partial charge is 0.324 e. The molecule has 1 fully saturated rings. The van der Waals surface area contributed by atoms with E-state index in [0.717, 1.165) is 0 Å². The highest BCUT2D eigenvalue weighted by molar-refractivity contribution is 7.99. The first-order valence-electron chi connectivity index (χ1n) is 7.29. The number of amides is 2. The fraction of sp³-hybridized carbons (Fsp3) is 0.176. The van der Waals surface area contributed by atoms with Crippen molar-refractivity contribution in [3.8, 4) is 6.07 Å². The van der Waals surface area contributed by atoms with Crippen molar-refractivity contribution in [2.45, 2.75) is 6.04 Å². The summed E-state index contributed by atoms with van der Waals surface area (Å²) in [7, 11) is 0. The minimum Gasteiger partial charge on any atom is -0.324 e. The lowest BCUT2D eigenvalue weighted by Gasteiger charge is -2.23. The average Bonchev–Trinajstić information content (AvgIpc) is 3.12. The fourth-order valence-electron chi connectivity index (χ4n) is 2.37. The summed E-state index contributed by atoms with van der Waals surface area (Å²) in [5.41, 5.74) is 1.60. The smallest absolute Gasteiger partial charge is 0.256 e. The standard InChI is InChI=1S/C17H14N4O2S/c18-8-12-3-5-14(6-4-12)20-16(22)15-10-24-11-21(15)17(23)13-2-1-7-19-9-13/h1-7,9,15H,10-11H2,(H,20,22)/t15-/m1/s1. The number of aromatic nitrogens is 1. The Kier molecular flexibility index (Phi) is 4.77. The summed E-state index contributed by atoms with van der Waals surface area (Å²) in [6.45, 7) is 0. The number of nitriles is 1. The summed E-state index contributed by atoms with van der Waals surface area (Å²) in [6.07, 6.45) is 3.10. The predicted octanol–water partition coefficient (Wildman–Crippen LogP) is 2.11. The molecule has 6 nitrogen and oxygen atoms in total. The van der Waals surface area contributed by atoms with Crippen LogP contribution in [0.3, 0.4) is 0 Å². The third kappa shape index (κ3) is 3.39. The van der Waals surface area contributed by atoms with E-state index in [1.807, 2.05) is 6.07 Å². The maximum absolute atomic E-state index is 12.6. The minimum absolute atomic E-state index is 0.201. The molecule has 2 heterocycles. The lowest BCUT2D eigenvalue weighted by Crippen LogP contribution is -2.44. The monoisotopic (exact) mass is 338 g/mol. The highest BCUT2D eigenvalue weighted by atomic mass is 32.2. The summed E-state index contributed by atoms with van der Waals surface area (Å²) >= 11 is 1.54. The summed E-state index contributed by atoms with van der Waals surface area (Å²) in [6, 6.07) is 11.5. The van der Waals surface area contributed by atoms with E-state index in [1.165, 1.54) is 18.0 Å². The molecule has 7 heteroatoms. The van der Waals surface area contributed by atoms with Crippen LogP contribution < -0.4 is 5.32 Å². The molecule has 2 amide bonds. The molecule has 0 aliphatic carbocycles. The Balaban J connectivity index is 1.71. The SMILES string of the molecule is N#Cc1ccc(NC(=O)[C@H]2CSCN2C(=O)c2cccnc2)cc1. The molecule has 120 valence electrons. The molecular formula is C17H14N4O2S. The third-order valence-corrected chi connectivity index (χ3v) is 4.65. The predicted molar refractivity (Wildman–Crippen MR) is 91.3 cm³/mol. The number of carbonyl (C=O) groups is 2. The molecule has 0 saturated carbocycles. The molecule has 1 atom stereocenters. The Labute approximate surface area is 143 Å². The van der Waals surface area contributed by atoms with Crippen molar-refractivity contribution in [2.75, 3.05) is 16.9 Å². The minimum atomic E-state index is -0.529. The molecule has 1 aliphatic heterocycles. The Bertz CT molecular complexity index is 786. The highest BCUT2D eigenvalue weighted by Gasteiger charge is 2.35. The van der Waals surface area contributed by atoms with Gasteiger partial charge in [0.25, 0.3) is 5.91 Å². The number of nitrogens with one attached hydrogen (secondary N) is 1. The van der Waals surface area contributed by atoms with Crippen molar-refractivity contribution in [3.63, 3.8) is 0 Å². The Morgan fingerprint density at radius 2 is 2.08 bits per heavy atom. The number of hydrogen-bond acceptors (Lipinski definition) is 5.